The van der Waals surface area contributed by atoms with Crippen LogP contribution >= 0.6 is 0 Å². The summed E-state index contributed by atoms with van der Waals surface area (Å²) >= 11 is 0. The molecule has 1 saturated heterocycles. The molecule has 15 nitrogen and oxygen atoms in total. The number of halogens is 4. The molecule has 0 spiro atoms. The lowest BCUT2D eigenvalue weighted by Gasteiger charge is -2.34. The lowest BCUT2D eigenvalue weighted by Crippen LogP contribution is -2.59. The van der Waals surface area contributed by atoms with Crippen molar-refractivity contribution in [3.05, 3.63) is 36.3 Å². The van der Waals surface area contributed by atoms with Gasteiger partial charge in [0.25, 0.3) is 5.91 Å². The van der Waals surface area contributed by atoms with Gasteiger partial charge in [0.1, 0.15) is 29.5 Å². The minimum Gasteiger partial charge on any atom is -0.494 e. The van der Waals surface area contributed by atoms with Gasteiger partial charge in [-0.15, -0.1) is 0 Å². The number of pyridine rings is 1. The Bertz CT molecular complexity index is 2180. The molecule has 60 heavy (non-hydrogen) atoms. The van der Waals surface area contributed by atoms with Crippen molar-refractivity contribution in [2.24, 2.45) is 17.8 Å². The van der Waals surface area contributed by atoms with Gasteiger partial charge in [0, 0.05) is 17.7 Å². The summed E-state index contributed by atoms with van der Waals surface area (Å²) in [4.78, 5) is 61.8. The fraction of sp³-hybridized carbons (Fsp3) is 0.625. The highest BCUT2D eigenvalue weighted by Crippen LogP contribution is 2.48. The predicted molar refractivity (Wildman–Crippen MR) is 208 cm³/mol. The number of carbonyl (C=O) groups excluding carboxylic acids is 4. The van der Waals surface area contributed by atoms with E-state index in [4.69, 9.17) is 18.9 Å². The molecule has 2 aromatic rings. The SMILES string of the molecule is COc1cc2c(OC)cnc(O[C@@H]3C[C@H]4C(=O)N[C@]5(C(=O)NS(=O)(=O)C6(C)CC6)C[C@H]5/C=C\CC[C@@H](C)C[C@@H](C)[C@H](NC(=O)OC(C)(C)C(F)(F)F)C(=O)N4C3)c2cc1F. The van der Waals surface area contributed by atoms with E-state index in [1.165, 1.54) is 33.4 Å². The Kier molecular flexibility index (Phi) is 12.1. The maximum Gasteiger partial charge on any atom is 0.427 e. The normalized spacial score (nSPS) is 28.8. The van der Waals surface area contributed by atoms with Gasteiger partial charge in [-0.3, -0.25) is 19.1 Å². The summed E-state index contributed by atoms with van der Waals surface area (Å²) in [5.74, 6) is -4.68. The fourth-order valence-electron chi connectivity index (χ4n) is 7.80. The molecule has 2 saturated carbocycles. The molecule has 6 rings (SSSR count). The first-order valence-corrected chi connectivity index (χ1v) is 21.2. The molecule has 3 N–H and O–H groups in total. The van der Waals surface area contributed by atoms with E-state index in [1.807, 2.05) is 13.0 Å². The molecule has 1 aromatic heterocycles. The number of ether oxygens (including phenoxy) is 4. The molecule has 3 fully saturated rings. The summed E-state index contributed by atoms with van der Waals surface area (Å²) in [6.07, 6.45) is -0.638. The third-order valence-electron chi connectivity index (χ3n) is 12.1. The number of hydrogen-bond donors (Lipinski definition) is 3. The van der Waals surface area contributed by atoms with Crippen molar-refractivity contribution < 1.29 is 64.1 Å². The van der Waals surface area contributed by atoms with Crippen molar-refractivity contribution in [2.75, 3.05) is 20.8 Å². The van der Waals surface area contributed by atoms with Crippen LogP contribution in [0, 0.1) is 23.6 Å². The molecule has 4 amide bonds. The molecule has 0 unspecified atom stereocenters. The Morgan fingerprint density at radius 3 is 2.35 bits per heavy atom. The maximum atomic E-state index is 15.1. The Labute approximate surface area is 345 Å². The van der Waals surface area contributed by atoms with Crippen LogP contribution in [-0.2, 0) is 29.1 Å². The number of nitrogens with zero attached hydrogens (tertiary/aromatic N) is 2. The number of alkyl halides is 3. The number of alkyl carbamates (subject to hydrolysis) is 1. The average Bonchev–Trinajstić information content (AvgIpc) is 4.04. The standard InChI is InChI=1S/C40H51F4N5O10S/c1-21-10-8-9-11-23-18-39(23,35(52)48-60(54,55)38(5)12-13-38)47-32(50)28-15-24(58-33-26-16-27(41)29(56-6)17-25(26)30(57-7)19-45-33)20-49(28)34(51)31(22(2)14-21)46-36(53)59-37(3,4)40(42,43)44/h9,11,16-17,19,21-24,28,31H,8,10,12-15,18,20H2,1-7H3,(H,46,53)(H,47,50)(H,48,52)/b11-9-/t21-,22-,23-,24-,28+,31+,39-/m1/s1. The molecule has 330 valence electrons. The van der Waals surface area contributed by atoms with Crippen LogP contribution in [0.2, 0.25) is 0 Å². The zero-order chi connectivity index (χ0) is 44.2. The summed E-state index contributed by atoms with van der Waals surface area (Å²) in [5.41, 5.74) is -4.62. The largest absolute Gasteiger partial charge is 0.494 e. The van der Waals surface area contributed by atoms with E-state index in [9.17, 15) is 40.8 Å². The van der Waals surface area contributed by atoms with Crippen molar-refractivity contribution in [2.45, 2.75) is 120 Å². The average molecular weight is 870 g/mol. The third-order valence-corrected chi connectivity index (χ3v) is 14.3. The first kappa shape index (κ1) is 44.7. The molecule has 3 heterocycles. The van der Waals surface area contributed by atoms with Gasteiger partial charge in [0.2, 0.25) is 33.3 Å². The summed E-state index contributed by atoms with van der Waals surface area (Å²) in [6, 6.07) is -0.407. The number of rotatable bonds is 9. The van der Waals surface area contributed by atoms with Crippen molar-refractivity contribution >= 4 is 44.6 Å². The fourth-order valence-corrected chi connectivity index (χ4v) is 9.12. The van der Waals surface area contributed by atoms with Crippen molar-refractivity contribution in [1.82, 2.24) is 25.2 Å². The predicted octanol–water partition coefficient (Wildman–Crippen LogP) is 5.06. The smallest absolute Gasteiger partial charge is 0.427 e. The van der Waals surface area contributed by atoms with Crippen molar-refractivity contribution in [3.63, 3.8) is 0 Å². The summed E-state index contributed by atoms with van der Waals surface area (Å²) in [7, 11) is -1.44. The Morgan fingerprint density at radius 1 is 1.03 bits per heavy atom. The monoisotopic (exact) mass is 869 g/mol. The second-order valence-electron chi connectivity index (χ2n) is 17.1. The maximum absolute atomic E-state index is 15.1. The Balaban J connectivity index is 1.38. The molecule has 7 atom stereocenters. The molecule has 1 aromatic carbocycles. The lowest BCUT2D eigenvalue weighted by molar-refractivity contribution is -0.244. The number of hydrogen-bond acceptors (Lipinski definition) is 11. The van der Waals surface area contributed by atoms with Gasteiger partial charge in [0.05, 0.1) is 37.1 Å². The number of sulfonamides is 1. The Morgan fingerprint density at radius 2 is 1.72 bits per heavy atom. The van der Waals surface area contributed by atoms with Crippen LogP contribution in [-0.4, -0.2) is 103 Å². The molecule has 20 heteroatoms. The molecule has 0 radical (unpaired) electrons. The van der Waals surface area contributed by atoms with Crippen molar-refractivity contribution in [1.29, 1.82) is 0 Å². The molecule has 2 aliphatic heterocycles. The van der Waals surface area contributed by atoms with Crippen LogP contribution in [0.15, 0.2) is 30.5 Å². The van der Waals surface area contributed by atoms with Crippen LogP contribution in [0.4, 0.5) is 22.4 Å². The molecular formula is C40H51F4N5O10S. The summed E-state index contributed by atoms with van der Waals surface area (Å²) < 4.78 is 105. The number of allylic oxidation sites excluding steroid dienone is 1. The van der Waals surface area contributed by atoms with E-state index < -0.39 is 91.7 Å². The molecular weight excluding hydrogens is 819 g/mol. The van der Waals surface area contributed by atoms with Gasteiger partial charge in [-0.2, -0.15) is 13.2 Å². The number of nitrogens with one attached hydrogen (secondary N) is 3. The number of amides is 4. The zero-order valence-corrected chi connectivity index (χ0v) is 35.2. The first-order chi connectivity index (χ1) is 28.0. The number of benzene rings is 1. The topological polar surface area (TPSA) is 192 Å². The second-order valence-corrected chi connectivity index (χ2v) is 19.3. The van der Waals surface area contributed by atoms with Gasteiger partial charge < -0.3 is 34.5 Å². The zero-order valence-electron chi connectivity index (χ0n) is 34.4. The second kappa shape index (κ2) is 16.2. The van der Waals surface area contributed by atoms with Crippen LogP contribution in [0.1, 0.15) is 79.6 Å². The summed E-state index contributed by atoms with van der Waals surface area (Å²) in [5, 5.41) is 5.62. The van der Waals surface area contributed by atoms with Gasteiger partial charge in [-0.05, 0) is 83.3 Å². The van der Waals surface area contributed by atoms with Gasteiger partial charge in [0.15, 0.2) is 11.6 Å². The van der Waals surface area contributed by atoms with E-state index in [2.05, 4.69) is 20.3 Å². The number of methoxy groups -OCH3 is 2. The first-order valence-electron chi connectivity index (χ1n) is 19.7. The molecule has 4 aliphatic rings. The van der Waals surface area contributed by atoms with E-state index in [-0.39, 0.29) is 48.1 Å². The van der Waals surface area contributed by atoms with Gasteiger partial charge in [-0.25, -0.2) is 22.6 Å². The highest BCUT2D eigenvalue weighted by atomic mass is 32.2. The van der Waals surface area contributed by atoms with E-state index in [0.29, 0.717) is 51.3 Å². The van der Waals surface area contributed by atoms with Crippen LogP contribution < -0.4 is 29.6 Å². The Hall–Kier alpha value is -4.88. The van der Waals surface area contributed by atoms with E-state index in [0.717, 1.165) is 11.0 Å². The number of aromatic nitrogens is 1. The number of fused-ring (bicyclic) bond motifs is 3. The molecule has 2 aliphatic carbocycles. The van der Waals surface area contributed by atoms with Crippen molar-refractivity contribution in [3.8, 4) is 17.4 Å². The highest BCUT2D eigenvalue weighted by Gasteiger charge is 2.63. The minimum atomic E-state index is -4.95. The number of carbonyl (C=O) groups is 4. The quantitative estimate of drug-likeness (QED) is 0.226. The van der Waals surface area contributed by atoms with Crippen LogP contribution in [0.5, 0.6) is 17.4 Å². The lowest BCUT2D eigenvalue weighted by atomic mass is 9.88. The van der Waals surface area contributed by atoms with Gasteiger partial charge in [-0.1, -0.05) is 26.0 Å². The minimum absolute atomic E-state index is 0.0578. The van der Waals surface area contributed by atoms with Gasteiger partial charge >= 0.3 is 12.3 Å². The van der Waals surface area contributed by atoms with E-state index >= 15 is 4.39 Å². The van der Waals surface area contributed by atoms with Crippen LogP contribution in [0.3, 0.4) is 0 Å². The third kappa shape index (κ3) is 8.79. The molecule has 0 bridgehead atoms. The van der Waals surface area contributed by atoms with E-state index in [1.54, 1.807) is 13.0 Å². The highest BCUT2D eigenvalue weighted by molar-refractivity contribution is 7.91. The van der Waals surface area contributed by atoms with Crippen LogP contribution in [0.25, 0.3) is 10.8 Å². The summed E-state index contributed by atoms with van der Waals surface area (Å²) in [6.45, 7) is 6.07.